The Morgan fingerprint density at radius 2 is 1.77 bits per heavy atom. The Hall–Kier alpha value is -3.02. The van der Waals surface area contributed by atoms with Gasteiger partial charge in [-0.05, 0) is 36.6 Å². The van der Waals surface area contributed by atoms with Gasteiger partial charge in [0, 0.05) is 6.54 Å². The maximum absolute atomic E-state index is 12.2. The van der Waals surface area contributed by atoms with Crippen LogP contribution in [0.4, 0.5) is 0 Å². The molecule has 138 valence electrons. The maximum Gasteiger partial charge on any atom is 0.342 e. The Bertz CT molecular complexity index is 773. The molecule has 2 aromatic carbocycles. The van der Waals surface area contributed by atoms with Crippen molar-refractivity contribution in [1.82, 2.24) is 5.32 Å². The summed E-state index contributed by atoms with van der Waals surface area (Å²) >= 11 is 0. The quantitative estimate of drug-likeness (QED) is 0.735. The molecule has 2 aromatic rings. The van der Waals surface area contributed by atoms with Crippen molar-refractivity contribution in [2.75, 3.05) is 27.4 Å². The zero-order valence-electron chi connectivity index (χ0n) is 15.2. The van der Waals surface area contributed by atoms with Crippen molar-refractivity contribution in [3.05, 3.63) is 59.2 Å². The number of carbonyl (C=O) groups excluding carboxylic acids is 2. The molecule has 0 aliphatic rings. The number of benzene rings is 2. The Morgan fingerprint density at radius 1 is 1.00 bits per heavy atom. The van der Waals surface area contributed by atoms with Crippen LogP contribution in [-0.4, -0.2) is 39.2 Å². The first kappa shape index (κ1) is 19.3. The van der Waals surface area contributed by atoms with Crippen molar-refractivity contribution in [3.8, 4) is 11.5 Å². The van der Waals surface area contributed by atoms with E-state index in [1.807, 2.05) is 31.2 Å². The third-order valence-corrected chi connectivity index (χ3v) is 3.93. The second kappa shape index (κ2) is 9.46. The second-order valence-corrected chi connectivity index (χ2v) is 5.64. The third kappa shape index (κ3) is 4.99. The van der Waals surface area contributed by atoms with Crippen LogP contribution in [0, 0.1) is 6.92 Å². The molecule has 0 bridgehead atoms. The number of aryl methyl sites for hydroxylation is 1. The van der Waals surface area contributed by atoms with Crippen molar-refractivity contribution < 1.29 is 23.8 Å². The lowest BCUT2D eigenvalue weighted by atomic mass is 10.1. The van der Waals surface area contributed by atoms with Crippen LogP contribution in [0.1, 0.15) is 21.5 Å². The highest BCUT2D eigenvalue weighted by atomic mass is 16.5. The van der Waals surface area contributed by atoms with Crippen LogP contribution in [0.25, 0.3) is 0 Å². The number of hydrogen-bond acceptors (Lipinski definition) is 5. The van der Waals surface area contributed by atoms with Gasteiger partial charge in [-0.15, -0.1) is 0 Å². The first-order valence-electron chi connectivity index (χ1n) is 8.26. The summed E-state index contributed by atoms with van der Waals surface area (Å²) < 4.78 is 15.4. The van der Waals surface area contributed by atoms with Crippen LogP contribution >= 0.6 is 0 Å². The van der Waals surface area contributed by atoms with E-state index in [0.29, 0.717) is 12.3 Å². The molecular weight excluding hydrogens is 334 g/mol. The summed E-state index contributed by atoms with van der Waals surface area (Å²) in [4.78, 5) is 24.1. The summed E-state index contributed by atoms with van der Waals surface area (Å²) in [6.07, 6.45) is 0.718. The van der Waals surface area contributed by atoms with Crippen LogP contribution in [0.3, 0.4) is 0 Å². The molecular formula is C20H23NO5. The van der Waals surface area contributed by atoms with E-state index >= 15 is 0 Å². The lowest BCUT2D eigenvalue weighted by molar-refractivity contribution is -0.124. The Morgan fingerprint density at radius 3 is 2.46 bits per heavy atom. The summed E-state index contributed by atoms with van der Waals surface area (Å²) in [6, 6.07) is 12.9. The Balaban J connectivity index is 1.84. The maximum atomic E-state index is 12.2. The Kier molecular flexibility index (Phi) is 7.02. The number of carbonyl (C=O) groups is 2. The highest BCUT2D eigenvalue weighted by molar-refractivity contribution is 5.94. The molecule has 26 heavy (non-hydrogen) atoms. The standard InChI is InChI=1S/C20H23NO5/c1-14-7-4-5-8-15(14)11-12-21-18(22)13-26-20(23)16-9-6-10-17(24-2)19(16)25-3/h4-10H,11-13H2,1-3H3,(H,21,22). The highest BCUT2D eigenvalue weighted by Crippen LogP contribution is 2.30. The summed E-state index contributed by atoms with van der Waals surface area (Å²) in [5.41, 5.74) is 2.56. The number of rotatable bonds is 8. The lowest BCUT2D eigenvalue weighted by Crippen LogP contribution is -2.30. The summed E-state index contributed by atoms with van der Waals surface area (Å²) in [7, 11) is 2.92. The fraction of sp³-hybridized carbons (Fsp3) is 0.300. The van der Waals surface area contributed by atoms with Crippen molar-refractivity contribution in [2.45, 2.75) is 13.3 Å². The van der Waals surface area contributed by atoms with Gasteiger partial charge in [0.05, 0.1) is 14.2 Å². The Labute approximate surface area is 153 Å². The molecule has 0 atom stereocenters. The minimum absolute atomic E-state index is 0.208. The van der Waals surface area contributed by atoms with Gasteiger partial charge in [-0.25, -0.2) is 4.79 Å². The summed E-state index contributed by atoms with van der Waals surface area (Å²) in [5, 5.41) is 2.74. The van der Waals surface area contributed by atoms with Crippen LogP contribution in [0.15, 0.2) is 42.5 Å². The molecule has 0 aromatic heterocycles. The number of hydrogen-bond donors (Lipinski definition) is 1. The fourth-order valence-corrected chi connectivity index (χ4v) is 2.53. The summed E-state index contributed by atoms with van der Waals surface area (Å²) in [6.45, 7) is 2.15. The van der Waals surface area contributed by atoms with Crippen LogP contribution in [-0.2, 0) is 16.0 Å². The van der Waals surface area contributed by atoms with E-state index in [9.17, 15) is 9.59 Å². The first-order valence-corrected chi connectivity index (χ1v) is 8.26. The molecule has 0 radical (unpaired) electrons. The van der Waals surface area contributed by atoms with Crippen molar-refractivity contribution >= 4 is 11.9 Å². The number of ether oxygens (including phenoxy) is 3. The lowest BCUT2D eigenvalue weighted by Gasteiger charge is -2.12. The highest BCUT2D eigenvalue weighted by Gasteiger charge is 2.18. The SMILES string of the molecule is COc1cccc(C(=O)OCC(=O)NCCc2ccccc2C)c1OC. The molecule has 0 heterocycles. The minimum Gasteiger partial charge on any atom is -0.493 e. The van der Waals surface area contributed by atoms with E-state index in [2.05, 4.69) is 5.32 Å². The number of amides is 1. The third-order valence-electron chi connectivity index (χ3n) is 3.93. The van der Waals surface area contributed by atoms with Crippen molar-refractivity contribution in [3.63, 3.8) is 0 Å². The van der Waals surface area contributed by atoms with E-state index in [0.717, 1.165) is 6.42 Å². The molecule has 6 heteroatoms. The first-order chi connectivity index (χ1) is 12.6. The van der Waals surface area contributed by atoms with Gasteiger partial charge < -0.3 is 19.5 Å². The van der Waals surface area contributed by atoms with Gasteiger partial charge in [-0.3, -0.25) is 4.79 Å². The van der Waals surface area contributed by atoms with Crippen LogP contribution in [0.5, 0.6) is 11.5 Å². The zero-order valence-corrected chi connectivity index (χ0v) is 15.2. The average molecular weight is 357 g/mol. The number of nitrogens with one attached hydrogen (secondary N) is 1. The predicted octanol–water partition coefficient (Wildman–Crippen LogP) is 2.53. The van der Waals surface area contributed by atoms with E-state index in [4.69, 9.17) is 14.2 Å². The molecule has 6 nitrogen and oxygen atoms in total. The van der Waals surface area contributed by atoms with Gasteiger partial charge in [0.15, 0.2) is 18.1 Å². The van der Waals surface area contributed by atoms with E-state index in [1.165, 1.54) is 25.3 Å². The monoisotopic (exact) mass is 357 g/mol. The fourth-order valence-electron chi connectivity index (χ4n) is 2.53. The van der Waals surface area contributed by atoms with Gasteiger partial charge in [0.25, 0.3) is 5.91 Å². The normalized spacial score (nSPS) is 10.1. The molecule has 0 saturated heterocycles. The number of para-hydroxylation sites is 1. The smallest absolute Gasteiger partial charge is 0.342 e. The van der Waals surface area contributed by atoms with Crippen molar-refractivity contribution in [2.24, 2.45) is 0 Å². The van der Waals surface area contributed by atoms with E-state index in [-0.39, 0.29) is 23.8 Å². The zero-order chi connectivity index (χ0) is 18.9. The minimum atomic E-state index is -0.644. The number of esters is 1. The number of methoxy groups -OCH3 is 2. The average Bonchev–Trinajstić information content (AvgIpc) is 2.66. The van der Waals surface area contributed by atoms with E-state index in [1.54, 1.807) is 18.2 Å². The largest absolute Gasteiger partial charge is 0.493 e. The predicted molar refractivity (Wildman–Crippen MR) is 97.7 cm³/mol. The molecule has 0 fully saturated rings. The second-order valence-electron chi connectivity index (χ2n) is 5.64. The van der Waals surface area contributed by atoms with Gasteiger partial charge in [-0.2, -0.15) is 0 Å². The van der Waals surface area contributed by atoms with Crippen LogP contribution in [0.2, 0.25) is 0 Å². The topological polar surface area (TPSA) is 73.9 Å². The molecule has 0 unspecified atom stereocenters. The molecule has 0 aliphatic heterocycles. The summed E-state index contributed by atoms with van der Waals surface area (Å²) in [5.74, 6) is -0.298. The molecule has 0 saturated carbocycles. The molecule has 1 N–H and O–H groups in total. The van der Waals surface area contributed by atoms with Gasteiger partial charge in [-0.1, -0.05) is 30.3 Å². The van der Waals surface area contributed by atoms with Gasteiger partial charge >= 0.3 is 5.97 Å². The molecule has 1 amide bonds. The molecule has 0 spiro atoms. The molecule has 2 rings (SSSR count). The van der Waals surface area contributed by atoms with Crippen LogP contribution < -0.4 is 14.8 Å². The molecule has 0 aliphatic carbocycles. The van der Waals surface area contributed by atoms with Crippen molar-refractivity contribution in [1.29, 1.82) is 0 Å². The van der Waals surface area contributed by atoms with Gasteiger partial charge in [0.2, 0.25) is 0 Å². The van der Waals surface area contributed by atoms with Gasteiger partial charge in [0.1, 0.15) is 5.56 Å². The van der Waals surface area contributed by atoms with E-state index < -0.39 is 5.97 Å².